The smallest absolute Gasteiger partial charge is 0.275 e. The van der Waals surface area contributed by atoms with Gasteiger partial charge in [-0.05, 0) is 17.7 Å². The van der Waals surface area contributed by atoms with E-state index >= 15 is 0 Å². The summed E-state index contributed by atoms with van der Waals surface area (Å²) >= 11 is 0. The van der Waals surface area contributed by atoms with Gasteiger partial charge in [-0.2, -0.15) is 0 Å². The lowest BCUT2D eigenvalue weighted by molar-refractivity contribution is -0.132. The first-order valence-corrected chi connectivity index (χ1v) is 10.8. The highest BCUT2D eigenvalue weighted by molar-refractivity contribution is 7.89. The summed E-state index contributed by atoms with van der Waals surface area (Å²) in [5.74, 6) is -0.102. The molecule has 152 valence electrons. The highest BCUT2D eigenvalue weighted by Gasteiger charge is 2.40. The summed E-state index contributed by atoms with van der Waals surface area (Å²) in [7, 11) is -2.46. The molecule has 1 fully saturated rings. The van der Waals surface area contributed by atoms with E-state index in [0.717, 1.165) is 9.87 Å². The summed E-state index contributed by atoms with van der Waals surface area (Å²) in [5, 5.41) is 0. The minimum Gasteiger partial charge on any atom is -0.486 e. The number of amides is 1. The average Bonchev–Trinajstić information content (AvgIpc) is 2.76. The summed E-state index contributed by atoms with van der Waals surface area (Å²) in [6.45, 7) is 1.88. The van der Waals surface area contributed by atoms with E-state index in [4.69, 9.17) is 9.47 Å². The first-order chi connectivity index (χ1) is 14.0. The normalized spacial score (nSPS) is 18.4. The van der Waals surface area contributed by atoms with Crippen LogP contribution in [0.25, 0.3) is 5.76 Å². The molecule has 7 nitrogen and oxygen atoms in total. The second-order valence-corrected chi connectivity index (χ2v) is 8.76. The number of morpholine rings is 1. The Balaban J connectivity index is 1.81. The maximum absolute atomic E-state index is 13.3. The molecule has 1 amide bonds. The van der Waals surface area contributed by atoms with E-state index in [1.165, 1.54) is 13.1 Å². The summed E-state index contributed by atoms with van der Waals surface area (Å²) in [5.41, 5.74) is 1.35. The Morgan fingerprint density at radius 2 is 1.69 bits per heavy atom. The number of rotatable bonds is 4. The van der Waals surface area contributed by atoms with Gasteiger partial charge < -0.3 is 14.4 Å². The molecule has 2 aliphatic rings. The van der Waals surface area contributed by atoms with Crippen LogP contribution in [0.4, 0.5) is 0 Å². The first kappa shape index (κ1) is 19.5. The van der Waals surface area contributed by atoms with Crippen LogP contribution in [0.1, 0.15) is 11.1 Å². The Labute approximate surface area is 170 Å². The quantitative estimate of drug-likeness (QED) is 0.766. The van der Waals surface area contributed by atoms with Crippen molar-refractivity contribution < 1.29 is 22.7 Å². The van der Waals surface area contributed by atoms with Crippen LogP contribution >= 0.6 is 0 Å². The largest absolute Gasteiger partial charge is 0.486 e. The number of hydrogen-bond acceptors (Lipinski definition) is 5. The van der Waals surface area contributed by atoms with Crippen LogP contribution in [-0.4, -0.2) is 56.9 Å². The molecule has 29 heavy (non-hydrogen) atoms. The SMILES string of the molecule is CN1C(C(=O)N2CCOCC2)=C(OCc2ccccc2)c2ccccc2S1(=O)=O. The molecule has 4 rings (SSSR count). The maximum atomic E-state index is 13.3. The second-order valence-electron chi connectivity index (χ2n) is 6.83. The zero-order chi connectivity index (χ0) is 20.4. The highest BCUT2D eigenvalue weighted by atomic mass is 32.2. The molecule has 0 unspecified atom stereocenters. The van der Waals surface area contributed by atoms with E-state index in [1.54, 1.807) is 23.1 Å². The zero-order valence-corrected chi connectivity index (χ0v) is 16.9. The minimum absolute atomic E-state index is 0.0292. The Hall–Kier alpha value is -2.84. The minimum atomic E-state index is -3.85. The molecule has 0 saturated carbocycles. The third-order valence-electron chi connectivity index (χ3n) is 5.03. The van der Waals surface area contributed by atoms with Crippen LogP contribution in [0.3, 0.4) is 0 Å². The predicted molar refractivity (Wildman–Crippen MR) is 107 cm³/mol. The number of carbonyl (C=O) groups excluding carboxylic acids is 1. The molecular weight excluding hydrogens is 392 g/mol. The van der Waals surface area contributed by atoms with Crippen LogP contribution in [0, 0.1) is 0 Å². The molecule has 0 aromatic heterocycles. The van der Waals surface area contributed by atoms with Crippen molar-refractivity contribution in [2.45, 2.75) is 11.5 Å². The number of nitrogens with zero attached hydrogens (tertiary/aromatic N) is 2. The van der Waals surface area contributed by atoms with E-state index in [-0.39, 0.29) is 28.9 Å². The number of sulfonamides is 1. The monoisotopic (exact) mass is 414 g/mol. The number of benzene rings is 2. The van der Waals surface area contributed by atoms with Crippen molar-refractivity contribution in [2.75, 3.05) is 33.4 Å². The van der Waals surface area contributed by atoms with E-state index in [2.05, 4.69) is 0 Å². The number of carbonyl (C=O) groups is 1. The van der Waals surface area contributed by atoms with Crippen molar-refractivity contribution >= 4 is 21.7 Å². The van der Waals surface area contributed by atoms with Crippen molar-refractivity contribution in [1.82, 2.24) is 9.21 Å². The fraction of sp³-hybridized carbons (Fsp3) is 0.286. The van der Waals surface area contributed by atoms with E-state index in [9.17, 15) is 13.2 Å². The highest BCUT2D eigenvalue weighted by Crippen LogP contribution is 2.37. The first-order valence-electron chi connectivity index (χ1n) is 9.36. The number of ether oxygens (including phenoxy) is 2. The van der Waals surface area contributed by atoms with Crippen LogP contribution < -0.4 is 0 Å². The standard InChI is InChI=1S/C21H22N2O5S/c1-22-19(21(24)23-11-13-27-14-12-23)20(28-15-16-7-3-2-4-8-16)17-9-5-6-10-18(17)29(22,25)26/h2-10H,11-15H2,1H3. The molecule has 0 radical (unpaired) electrons. The Kier molecular flexibility index (Phi) is 5.29. The zero-order valence-electron chi connectivity index (χ0n) is 16.1. The summed E-state index contributed by atoms with van der Waals surface area (Å²) < 4.78 is 38.6. The number of fused-ring (bicyclic) bond motifs is 1. The molecule has 0 atom stereocenters. The van der Waals surface area contributed by atoms with Crippen LogP contribution in [-0.2, 0) is 30.9 Å². The molecule has 0 spiro atoms. The van der Waals surface area contributed by atoms with Crippen LogP contribution in [0.15, 0.2) is 65.2 Å². The summed E-state index contributed by atoms with van der Waals surface area (Å²) in [6, 6.07) is 16.1. The Morgan fingerprint density at radius 1 is 1.03 bits per heavy atom. The molecule has 2 aromatic rings. The molecule has 2 aliphatic heterocycles. The lowest BCUT2D eigenvalue weighted by Crippen LogP contribution is -2.46. The van der Waals surface area contributed by atoms with Gasteiger partial charge in [0.1, 0.15) is 6.61 Å². The Bertz CT molecular complexity index is 1040. The lowest BCUT2D eigenvalue weighted by Gasteiger charge is -2.34. The molecule has 0 N–H and O–H groups in total. The molecule has 0 aliphatic carbocycles. The van der Waals surface area contributed by atoms with Crippen molar-refractivity contribution in [3.05, 3.63) is 71.4 Å². The third kappa shape index (κ3) is 3.61. The summed E-state index contributed by atoms with van der Waals surface area (Å²) in [4.78, 5) is 15.0. The van der Waals surface area contributed by atoms with Gasteiger partial charge in [-0.1, -0.05) is 42.5 Å². The van der Waals surface area contributed by atoms with Gasteiger partial charge in [0.2, 0.25) is 0 Å². The molecule has 8 heteroatoms. The molecule has 1 saturated heterocycles. The van der Waals surface area contributed by atoms with Gasteiger partial charge in [0.05, 0.1) is 18.1 Å². The van der Waals surface area contributed by atoms with Crippen molar-refractivity contribution in [3.8, 4) is 0 Å². The topological polar surface area (TPSA) is 76.2 Å². The average molecular weight is 414 g/mol. The molecule has 0 bridgehead atoms. The molecule has 2 heterocycles. The number of hydrogen-bond donors (Lipinski definition) is 0. The summed E-state index contributed by atoms with van der Waals surface area (Å²) in [6.07, 6.45) is 0. The number of likely N-dealkylation sites (N-methyl/N-ethyl adjacent to an activating group) is 1. The van der Waals surface area contributed by atoms with Crippen LogP contribution in [0.5, 0.6) is 0 Å². The molecular formula is C21H22N2O5S. The fourth-order valence-electron chi connectivity index (χ4n) is 3.44. The van der Waals surface area contributed by atoms with Crippen molar-refractivity contribution in [3.63, 3.8) is 0 Å². The van der Waals surface area contributed by atoms with Crippen molar-refractivity contribution in [2.24, 2.45) is 0 Å². The van der Waals surface area contributed by atoms with Gasteiger partial charge in [-0.15, -0.1) is 0 Å². The molecule has 2 aromatic carbocycles. The lowest BCUT2D eigenvalue weighted by atomic mass is 10.1. The third-order valence-corrected chi connectivity index (χ3v) is 6.84. The second kappa shape index (κ2) is 7.88. The van der Waals surface area contributed by atoms with Gasteiger partial charge in [0, 0.05) is 25.7 Å². The van der Waals surface area contributed by atoms with Gasteiger partial charge in [0.15, 0.2) is 11.5 Å². The fourth-order valence-corrected chi connectivity index (χ4v) is 4.83. The van der Waals surface area contributed by atoms with E-state index < -0.39 is 10.0 Å². The van der Waals surface area contributed by atoms with E-state index in [1.807, 2.05) is 30.3 Å². The van der Waals surface area contributed by atoms with Gasteiger partial charge >= 0.3 is 0 Å². The Morgan fingerprint density at radius 3 is 2.41 bits per heavy atom. The van der Waals surface area contributed by atoms with Gasteiger partial charge in [-0.25, -0.2) is 8.42 Å². The van der Waals surface area contributed by atoms with E-state index in [0.29, 0.717) is 31.9 Å². The van der Waals surface area contributed by atoms with Gasteiger partial charge in [-0.3, -0.25) is 9.10 Å². The van der Waals surface area contributed by atoms with Crippen molar-refractivity contribution in [1.29, 1.82) is 0 Å². The maximum Gasteiger partial charge on any atom is 0.275 e. The van der Waals surface area contributed by atoms with Gasteiger partial charge in [0.25, 0.3) is 15.9 Å². The predicted octanol–water partition coefficient (Wildman–Crippen LogP) is 2.06. The van der Waals surface area contributed by atoms with Crippen LogP contribution in [0.2, 0.25) is 0 Å².